The maximum Gasteiger partial charge on any atom is 0.416 e. The Labute approximate surface area is 142 Å². The van der Waals surface area contributed by atoms with Crippen molar-refractivity contribution in [2.24, 2.45) is 0 Å². The Bertz CT molecular complexity index is 587. The van der Waals surface area contributed by atoms with Gasteiger partial charge in [0, 0.05) is 18.8 Å². The number of likely N-dealkylation sites (tertiary alicyclic amines) is 1. The molecule has 0 unspecified atom stereocenters. The number of hydrogen-bond donors (Lipinski definition) is 1. The smallest absolute Gasteiger partial charge is 0.342 e. The molecule has 0 bridgehead atoms. The van der Waals surface area contributed by atoms with Crippen LogP contribution < -0.4 is 5.32 Å². The molecule has 1 aromatic rings. The second-order valence-corrected chi connectivity index (χ2v) is 6.55. The third kappa shape index (κ3) is 5.74. The minimum atomic E-state index is -4.45. The van der Waals surface area contributed by atoms with Gasteiger partial charge in [-0.05, 0) is 37.5 Å². The molecule has 4 nitrogen and oxygen atoms in total. The molecule has 1 heterocycles. The van der Waals surface area contributed by atoms with Gasteiger partial charge < -0.3 is 10.2 Å². The zero-order valence-corrected chi connectivity index (χ0v) is 13.9. The summed E-state index contributed by atoms with van der Waals surface area (Å²) in [5.41, 5.74) is -0.717. The highest BCUT2D eigenvalue weighted by Gasteiger charge is 2.30. The molecule has 132 valence electrons. The fraction of sp³-hybridized carbons (Fsp3) is 0.500. The average molecular weight is 360 g/mol. The molecule has 1 saturated heterocycles. The molecule has 0 aliphatic carbocycles. The van der Waals surface area contributed by atoms with Crippen molar-refractivity contribution in [1.82, 2.24) is 4.90 Å². The fourth-order valence-corrected chi connectivity index (χ4v) is 3.15. The molecule has 1 aliphatic rings. The summed E-state index contributed by atoms with van der Waals surface area (Å²) < 4.78 is 37.8. The highest BCUT2D eigenvalue weighted by Crippen LogP contribution is 2.30. The lowest BCUT2D eigenvalue weighted by Gasteiger charge is -2.26. The van der Waals surface area contributed by atoms with E-state index in [4.69, 9.17) is 0 Å². The van der Waals surface area contributed by atoms with Crippen molar-refractivity contribution < 1.29 is 22.8 Å². The first-order valence-electron chi connectivity index (χ1n) is 7.69. The van der Waals surface area contributed by atoms with Gasteiger partial charge in [-0.3, -0.25) is 9.59 Å². The average Bonchev–Trinajstić information content (AvgIpc) is 2.55. The number of alkyl halides is 3. The molecule has 1 fully saturated rings. The van der Waals surface area contributed by atoms with Crippen molar-refractivity contribution in [2.45, 2.75) is 25.4 Å². The van der Waals surface area contributed by atoms with Gasteiger partial charge in [0.25, 0.3) is 0 Å². The van der Waals surface area contributed by atoms with Gasteiger partial charge in [-0.2, -0.15) is 13.2 Å². The van der Waals surface area contributed by atoms with E-state index < -0.39 is 17.6 Å². The fourth-order valence-electron chi connectivity index (χ4n) is 2.44. The largest absolute Gasteiger partial charge is 0.416 e. The van der Waals surface area contributed by atoms with Crippen LogP contribution in [0, 0.1) is 0 Å². The van der Waals surface area contributed by atoms with Gasteiger partial charge in [-0.15, -0.1) is 11.8 Å². The molecule has 1 aliphatic heterocycles. The Morgan fingerprint density at radius 1 is 1.12 bits per heavy atom. The van der Waals surface area contributed by atoms with Crippen LogP contribution in [0.3, 0.4) is 0 Å². The summed E-state index contributed by atoms with van der Waals surface area (Å²) in [6.07, 6.45) is -1.30. The summed E-state index contributed by atoms with van der Waals surface area (Å²) in [5, 5.41) is 2.42. The predicted octanol–water partition coefficient (Wildman–Crippen LogP) is 3.39. The van der Waals surface area contributed by atoms with Crippen molar-refractivity contribution in [2.75, 3.05) is 29.9 Å². The van der Waals surface area contributed by atoms with Gasteiger partial charge in [0.1, 0.15) is 0 Å². The van der Waals surface area contributed by atoms with Crippen molar-refractivity contribution in [1.29, 1.82) is 0 Å². The van der Waals surface area contributed by atoms with Gasteiger partial charge in [-0.1, -0.05) is 6.07 Å². The van der Waals surface area contributed by atoms with Gasteiger partial charge in [0.05, 0.1) is 17.1 Å². The number of benzene rings is 1. The van der Waals surface area contributed by atoms with Crippen LogP contribution in [0.25, 0.3) is 0 Å². The number of thioether (sulfide) groups is 1. The zero-order chi connectivity index (χ0) is 17.6. The Kier molecular flexibility index (Phi) is 6.53. The number of nitrogens with one attached hydrogen (secondary N) is 1. The van der Waals surface area contributed by atoms with Crippen molar-refractivity contribution in [3.8, 4) is 0 Å². The summed E-state index contributed by atoms with van der Waals surface area (Å²) in [6, 6.07) is 4.48. The number of amides is 2. The van der Waals surface area contributed by atoms with Crippen LogP contribution in [0.1, 0.15) is 24.8 Å². The SMILES string of the molecule is O=C(CSCC(=O)N1CCCCC1)Nc1cccc(C(F)(F)F)c1. The number of anilines is 1. The molecule has 2 amide bonds. The van der Waals surface area contributed by atoms with Gasteiger partial charge in [0.15, 0.2) is 0 Å². The van der Waals surface area contributed by atoms with E-state index in [0.29, 0.717) is 0 Å². The molecule has 2 rings (SSSR count). The van der Waals surface area contributed by atoms with E-state index in [1.165, 1.54) is 23.9 Å². The third-order valence-corrected chi connectivity index (χ3v) is 4.56. The van der Waals surface area contributed by atoms with Crippen molar-refractivity contribution in [3.63, 3.8) is 0 Å². The summed E-state index contributed by atoms with van der Waals surface area (Å²) in [4.78, 5) is 25.5. The molecular weight excluding hydrogens is 341 g/mol. The van der Waals surface area contributed by atoms with E-state index in [9.17, 15) is 22.8 Å². The zero-order valence-electron chi connectivity index (χ0n) is 13.1. The molecule has 0 saturated carbocycles. The Hall–Kier alpha value is -1.70. The minimum absolute atomic E-state index is 0.00608. The summed E-state index contributed by atoms with van der Waals surface area (Å²) >= 11 is 1.17. The van der Waals surface area contributed by atoms with Gasteiger partial charge in [0.2, 0.25) is 11.8 Å². The first kappa shape index (κ1) is 18.6. The van der Waals surface area contributed by atoms with Gasteiger partial charge >= 0.3 is 6.18 Å². The third-order valence-electron chi connectivity index (χ3n) is 3.64. The van der Waals surface area contributed by atoms with Crippen molar-refractivity contribution >= 4 is 29.3 Å². The lowest BCUT2D eigenvalue weighted by Crippen LogP contribution is -2.37. The van der Waals surface area contributed by atoms with E-state index >= 15 is 0 Å². The van der Waals surface area contributed by atoms with Crippen LogP contribution >= 0.6 is 11.8 Å². The number of rotatable bonds is 5. The quantitative estimate of drug-likeness (QED) is 0.876. The standard InChI is InChI=1S/C16H19F3N2O2S/c17-16(18,19)12-5-4-6-13(9-12)20-14(22)10-24-11-15(23)21-7-2-1-3-8-21/h4-6,9H,1-3,7-8,10-11H2,(H,20,22). The lowest BCUT2D eigenvalue weighted by molar-refractivity contribution is -0.137. The Balaban J connectivity index is 1.76. The number of hydrogen-bond acceptors (Lipinski definition) is 3. The molecule has 0 spiro atoms. The molecule has 0 radical (unpaired) electrons. The van der Waals surface area contributed by atoms with E-state index in [0.717, 1.165) is 44.5 Å². The first-order valence-corrected chi connectivity index (χ1v) is 8.84. The number of halogens is 3. The van der Waals surface area contributed by atoms with Crippen molar-refractivity contribution in [3.05, 3.63) is 29.8 Å². The minimum Gasteiger partial charge on any atom is -0.342 e. The molecule has 24 heavy (non-hydrogen) atoms. The number of piperidine rings is 1. The van der Waals surface area contributed by atoms with Crippen LogP contribution in [-0.4, -0.2) is 41.3 Å². The molecule has 0 aromatic heterocycles. The van der Waals surface area contributed by atoms with E-state index in [1.807, 2.05) is 0 Å². The highest BCUT2D eigenvalue weighted by molar-refractivity contribution is 8.00. The first-order chi connectivity index (χ1) is 11.4. The maximum absolute atomic E-state index is 12.6. The van der Waals surface area contributed by atoms with E-state index in [2.05, 4.69) is 5.32 Å². The lowest BCUT2D eigenvalue weighted by atomic mass is 10.1. The Morgan fingerprint density at radius 3 is 2.50 bits per heavy atom. The number of carbonyl (C=O) groups excluding carboxylic acids is 2. The van der Waals surface area contributed by atoms with Crippen LogP contribution in [0.2, 0.25) is 0 Å². The van der Waals surface area contributed by atoms with Crippen LogP contribution in [0.15, 0.2) is 24.3 Å². The van der Waals surface area contributed by atoms with Gasteiger partial charge in [-0.25, -0.2) is 0 Å². The normalized spacial score (nSPS) is 15.2. The highest BCUT2D eigenvalue weighted by atomic mass is 32.2. The van der Waals surface area contributed by atoms with E-state index in [-0.39, 0.29) is 23.1 Å². The number of nitrogens with zero attached hydrogens (tertiary/aromatic N) is 1. The Morgan fingerprint density at radius 2 is 1.83 bits per heavy atom. The summed E-state index contributed by atoms with van der Waals surface area (Å²) in [7, 11) is 0. The maximum atomic E-state index is 12.6. The number of carbonyl (C=O) groups is 2. The molecule has 1 N–H and O–H groups in total. The second kappa shape index (κ2) is 8.41. The summed E-state index contributed by atoms with van der Waals surface area (Å²) in [5.74, 6) is -0.191. The molecule has 8 heteroatoms. The van der Waals surface area contributed by atoms with Crippen LogP contribution in [0.5, 0.6) is 0 Å². The molecular formula is C16H19F3N2O2S. The summed E-state index contributed by atoms with van der Waals surface area (Å²) in [6.45, 7) is 1.52. The molecule has 1 aromatic carbocycles. The van der Waals surface area contributed by atoms with E-state index in [1.54, 1.807) is 4.90 Å². The monoisotopic (exact) mass is 360 g/mol. The van der Waals surface area contributed by atoms with Crippen LogP contribution in [-0.2, 0) is 15.8 Å². The topological polar surface area (TPSA) is 49.4 Å². The predicted molar refractivity (Wildman–Crippen MR) is 87.8 cm³/mol. The molecule has 0 atom stereocenters. The second-order valence-electron chi connectivity index (χ2n) is 5.56. The van der Waals surface area contributed by atoms with Crippen LogP contribution in [0.4, 0.5) is 18.9 Å².